The lowest BCUT2D eigenvalue weighted by molar-refractivity contribution is 0.0195. The van der Waals surface area contributed by atoms with Crippen molar-refractivity contribution in [3.63, 3.8) is 0 Å². The summed E-state index contributed by atoms with van der Waals surface area (Å²) in [5, 5.41) is 10.8. The second-order valence-corrected chi connectivity index (χ2v) is 7.54. The van der Waals surface area contributed by atoms with Gasteiger partial charge >= 0.3 is 0 Å². The fraction of sp³-hybridized carbons (Fsp3) is 0.571. The van der Waals surface area contributed by atoms with E-state index in [0.29, 0.717) is 18.4 Å². The summed E-state index contributed by atoms with van der Waals surface area (Å²) in [4.78, 5) is 14.3. The molecule has 0 radical (unpaired) electrons. The molecular weight excluding hydrogens is 509 g/mol. The lowest BCUT2D eigenvalue weighted by atomic mass is 10.2. The number of rotatable bonds is 6. The van der Waals surface area contributed by atoms with Gasteiger partial charge in [0.1, 0.15) is 18.1 Å². The zero-order valence-electron chi connectivity index (χ0n) is 18.2. The lowest BCUT2D eigenvalue weighted by Gasteiger charge is -2.32. The molecule has 2 fully saturated rings. The molecule has 0 spiro atoms. The standard InChI is InChI=1S/C21H31N7O2.HI/c1-3-22-21(28-9-8-17(15-28)27-10-12-30-13-11-27)23-14-19-24-20(26-25-19)16-4-6-18(29-2)7-5-16;/h4-7,17H,3,8-15H2,1-2H3,(H,22,23)(H,24,25,26);1H. The molecular formula is C21H32IN7O2. The highest BCUT2D eigenvalue weighted by atomic mass is 127. The van der Waals surface area contributed by atoms with E-state index in [9.17, 15) is 0 Å². The SMILES string of the molecule is CCNC(=NCc1nc(-c2ccc(OC)cc2)n[nH]1)N1CCC(N2CCOCC2)C1.I. The third kappa shape index (κ3) is 6.07. The first kappa shape index (κ1) is 23.7. The molecule has 2 saturated heterocycles. The Balaban J connectivity index is 0.00000272. The Bertz CT molecular complexity index is 837. The molecule has 1 unspecified atom stereocenters. The Morgan fingerprint density at radius 1 is 1.26 bits per heavy atom. The molecule has 9 nitrogen and oxygen atoms in total. The summed E-state index contributed by atoms with van der Waals surface area (Å²) >= 11 is 0. The van der Waals surface area contributed by atoms with Crippen LogP contribution in [-0.4, -0.2) is 90.0 Å². The van der Waals surface area contributed by atoms with Gasteiger partial charge < -0.3 is 19.7 Å². The Labute approximate surface area is 200 Å². The summed E-state index contributed by atoms with van der Waals surface area (Å²) < 4.78 is 10.7. The number of halogens is 1. The number of benzene rings is 1. The molecule has 0 bridgehead atoms. The average molecular weight is 541 g/mol. The summed E-state index contributed by atoms with van der Waals surface area (Å²) in [5.74, 6) is 3.17. The normalized spacial score (nSPS) is 19.9. The molecule has 1 aromatic heterocycles. The Hall–Kier alpha value is -1.92. The van der Waals surface area contributed by atoms with Gasteiger partial charge in [0.25, 0.3) is 0 Å². The second-order valence-electron chi connectivity index (χ2n) is 7.54. The van der Waals surface area contributed by atoms with Crippen molar-refractivity contribution >= 4 is 29.9 Å². The molecule has 1 atom stereocenters. The number of likely N-dealkylation sites (tertiary alicyclic amines) is 1. The van der Waals surface area contributed by atoms with E-state index < -0.39 is 0 Å². The maximum atomic E-state index is 5.49. The number of ether oxygens (including phenoxy) is 2. The second kappa shape index (κ2) is 11.6. The van der Waals surface area contributed by atoms with Gasteiger partial charge in [0.05, 0.1) is 20.3 Å². The van der Waals surface area contributed by atoms with Crippen LogP contribution >= 0.6 is 24.0 Å². The minimum atomic E-state index is 0. The minimum absolute atomic E-state index is 0. The number of H-pyrrole nitrogens is 1. The molecule has 0 aliphatic carbocycles. The van der Waals surface area contributed by atoms with Gasteiger partial charge in [-0.15, -0.1) is 24.0 Å². The van der Waals surface area contributed by atoms with Gasteiger partial charge in [-0.25, -0.2) is 9.98 Å². The van der Waals surface area contributed by atoms with E-state index in [1.807, 2.05) is 24.3 Å². The van der Waals surface area contributed by atoms with E-state index in [1.165, 1.54) is 0 Å². The first-order valence-electron chi connectivity index (χ1n) is 10.7. The molecule has 2 aliphatic rings. The largest absolute Gasteiger partial charge is 0.497 e. The van der Waals surface area contributed by atoms with Crippen molar-refractivity contribution in [3.05, 3.63) is 30.1 Å². The number of hydrogen-bond donors (Lipinski definition) is 2. The molecule has 2 aliphatic heterocycles. The first-order chi connectivity index (χ1) is 14.8. The molecule has 31 heavy (non-hydrogen) atoms. The van der Waals surface area contributed by atoms with Crippen LogP contribution in [0.3, 0.4) is 0 Å². The van der Waals surface area contributed by atoms with Crippen LogP contribution in [0.1, 0.15) is 19.2 Å². The summed E-state index contributed by atoms with van der Waals surface area (Å²) in [6, 6.07) is 8.30. The van der Waals surface area contributed by atoms with Crippen LogP contribution in [0.25, 0.3) is 11.4 Å². The van der Waals surface area contributed by atoms with E-state index in [4.69, 9.17) is 14.5 Å². The quantitative estimate of drug-likeness (QED) is 0.329. The van der Waals surface area contributed by atoms with Gasteiger partial charge in [0.15, 0.2) is 11.8 Å². The summed E-state index contributed by atoms with van der Waals surface area (Å²) in [7, 11) is 1.66. The molecule has 170 valence electrons. The predicted molar refractivity (Wildman–Crippen MR) is 131 cm³/mol. The fourth-order valence-corrected chi connectivity index (χ4v) is 3.99. The number of morpholine rings is 1. The van der Waals surface area contributed by atoms with Crippen molar-refractivity contribution in [2.75, 3.05) is 53.0 Å². The molecule has 2 N–H and O–H groups in total. The maximum Gasteiger partial charge on any atom is 0.194 e. The number of hydrogen-bond acceptors (Lipinski definition) is 6. The van der Waals surface area contributed by atoms with Crippen LogP contribution in [0.15, 0.2) is 29.3 Å². The van der Waals surface area contributed by atoms with Gasteiger partial charge in [-0.05, 0) is 37.6 Å². The number of aromatic nitrogens is 3. The van der Waals surface area contributed by atoms with E-state index in [0.717, 1.165) is 75.5 Å². The van der Waals surface area contributed by atoms with Gasteiger partial charge in [0, 0.05) is 44.3 Å². The van der Waals surface area contributed by atoms with Gasteiger partial charge in [-0.2, -0.15) is 5.10 Å². The smallest absolute Gasteiger partial charge is 0.194 e. The maximum absolute atomic E-state index is 5.49. The van der Waals surface area contributed by atoms with E-state index in [2.05, 4.69) is 37.2 Å². The highest BCUT2D eigenvalue weighted by Crippen LogP contribution is 2.20. The first-order valence-corrected chi connectivity index (χ1v) is 10.7. The summed E-state index contributed by atoms with van der Waals surface area (Å²) in [6.07, 6.45) is 1.16. The molecule has 4 rings (SSSR count). The summed E-state index contributed by atoms with van der Waals surface area (Å²) in [5.41, 5.74) is 0.946. The van der Waals surface area contributed by atoms with Crippen LogP contribution in [-0.2, 0) is 11.3 Å². The Morgan fingerprint density at radius 3 is 2.74 bits per heavy atom. The number of guanidine groups is 1. The molecule has 2 aromatic rings. The number of nitrogens with one attached hydrogen (secondary N) is 2. The van der Waals surface area contributed by atoms with E-state index in [1.54, 1.807) is 7.11 Å². The van der Waals surface area contributed by atoms with Gasteiger partial charge in [-0.3, -0.25) is 10.00 Å². The Kier molecular flexibility index (Phi) is 8.90. The van der Waals surface area contributed by atoms with Crippen molar-refractivity contribution < 1.29 is 9.47 Å². The zero-order valence-corrected chi connectivity index (χ0v) is 20.5. The number of nitrogens with zero attached hydrogens (tertiary/aromatic N) is 5. The molecule has 1 aromatic carbocycles. The molecule has 3 heterocycles. The third-order valence-electron chi connectivity index (χ3n) is 5.62. The highest BCUT2D eigenvalue weighted by molar-refractivity contribution is 14.0. The predicted octanol–water partition coefficient (Wildman–Crippen LogP) is 1.97. The summed E-state index contributed by atoms with van der Waals surface area (Å²) in [6.45, 7) is 9.15. The molecule has 10 heteroatoms. The Morgan fingerprint density at radius 2 is 2.03 bits per heavy atom. The van der Waals surface area contributed by atoms with Gasteiger partial charge in [-0.1, -0.05) is 0 Å². The van der Waals surface area contributed by atoms with E-state index in [-0.39, 0.29) is 24.0 Å². The highest BCUT2D eigenvalue weighted by Gasteiger charge is 2.30. The fourth-order valence-electron chi connectivity index (χ4n) is 3.99. The van der Waals surface area contributed by atoms with Crippen molar-refractivity contribution in [1.29, 1.82) is 0 Å². The minimum Gasteiger partial charge on any atom is -0.497 e. The lowest BCUT2D eigenvalue weighted by Crippen LogP contribution is -2.46. The van der Waals surface area contributed by atoms with Crippen molar-refractivity contribution in [3.8, 4) is 17.1 Å². The van der Waals surface area contributed by atoms with Crippen molar-refractivity contribution in [2.24, 2.45) is 4.99 Å². The van der Waals surface area contributed by atoms with Gasteiger partial charge in [0.2, 0.25) is 0 Å². The molecule has 0 saturated carbocycles. The molecule has 0 amide bonds. The third-order valence-corrected chi connectivity index (χ3v) is 5.62. The van der Waals surface area contributed by atoms with Crippen LogP contribution < -0.4 is 10.1 Å². The number of aromatic amines is 1. The van der Waals surface area contributed by atoms with Crippen LogP contribution in [0.5, 0.6) is 5.75 Å². The average Bonchev–Trinajstić information content (AvgIpc) is 3.47. The van der Waals surface area contributed by atoms with Crippen molar-refractivity contribution in [2.45, 2.75) is 25.9 Å². The van der Waals surface area contributed by atoms with Crippen LogP contribution in [0, 0.1) is 0 Å². The topological polar surface area (TPSA) is 90.9 Å². The zero-order chi connectivity index (χ0) is 20.8. The number of aliphatic imine (C=N–C) groups is 1. The van der Waals surface area contributed by atoms with Crippen LogP contribution in [0.2, 0.25) is 0 Å². The van der Waals surface area contributed by atoms with E-state index >= 15 is 0 Å². The number of methoxy groups -OCH3 is 1. The monoisotopic (exact) mass is 541 g/mol. The van der Waals surface area contributed by atoms with Crippen molar-refractivity contribution in [1.82, 2.24) is 30.3 Å². The van der Waals surface area contributed by atoms with Crippen LogP contribution in [0.4, 0.5) is 0 Å².